The standard InChI is InChI=1S/C12H14FN3S2/c1-16(7-8-3-5-9(13)6-4-8)12-10(17-2)11(14)15-18-12/h3-6H,7H2,1-2H3,(H2,14,15). The van der Waals surface area contributed by atoms with E-state index in [0.29, 0.717) is 12.4 Å². The summed E-state index contributed by atoms with van der Waals surface area (Å²) >= 11 is 2.98. The summed E-state index contributed by atoms with van der Waals surface area (Å²) in [5.41, 5.74) is 6.86. The highest BCUT2D eigenvalue weighted by molar-refractivity contribution is 7.99. The Morgan fingerprint density at radius 1 is 1.39 bits per heavy atom. The van der Waals surface area contributed by atoms with Crippen LogP contribution in [0.2, 0.25) is 0 Å². The molecule has 0 fully saturated rings. The van der Waals surface area contributed by atoms with Gasteiger partial charge in [0.2, 0.25) is 0 Å². The number of aromatic nitrogens is 1. The summed E-state index contributed by atoms with van der Waals surface area (Å²) in [7, 11) is 1.98. The van der Waals surface area contributed by atoms with Crippen molar-refractivity contribution in [3.05, 3.63) is 35.6 Å². The van der Waals surface area contributed by atoms with Crippen LogP contribution in [0.4, 0.5) is 15.2 Å². The average molecular weight is 283 g/mol. The second-order valence-electron chi connectivity index (χ2n) is 3.89. The number of halogens is 1. The molecule has 0 saturated heterocycles. The lowest BCUT2D eigenvalue weighted by atomic mass is 10.2. The predicted molar refractivity (Wildman–Crippen MR) is 76.8 cm³/mol. The van der Waals surface area contributed by atoms with Crippen LogP contribution in [0.1, 0.15) is 5.56 Å². The van der Waals surface area contributed by atoms with E-state index in [9.17, 15) is 4.39 Å². The molecule has 0 aliphatic heterocycles. The van der Waals surface area contributed by atoms with Crippen LogP contribution in [-0.4, -0.2) is 17.7 Å². The predicted octanol–water partition coefficient (Wildman–Crippen LogP) is 3.22. The molecule has 0 spiro atoms. The van der Waals surface area contributed by atoms with E-state index in [1.165, 1.54) is 23.7 Å². The van der Waals surface area contributed by atoms with E-state index >= 15 is 0 Å². The van der Waals surface area contributed by atoms with Crippen molar-refractivity contribution in [2.45, 2.75) is 11.4 Å². The van der Waals surface area contributed by atoms with Crippen LogP contribution in [0.25, 0.3) is 0 Å². The first-order valence-electron chi connectivity index (χ1n) is 5.36. The van der Waals surface area contributed by atoms with Gasteiger partial charge < -0.3 is 10.6 Å². The molecule has 0 bridgehead atoms. The summed E-state index contributed by atoms with van der Waals surface area (Å²) in [5.74, 6) is 0.363. The molecule has 2 N–H and O–H groups in total. The Kier molecular flexibility index (Phi) is 4.08. The minimum atomic E-state index is -0.215. The fourth-order valence-electron chi connectivity index (χ4n) is 1.66. The van der Waals surface area contributed by atoms with Crippen molar-refractivity contribution in [3.8, 4) is 0 Å². The highest BCUT2D eigenvalue weighted by Crippen LogP contribution is 2.37. The number of anilines is 2. The highest BCUT2D eigenvalue weighted by Gasteiger charge is 2.14. The van der Waals surface area contributed by atoms with Crippen molar-refractivity contribution in [2.75, 3.05) is 23.9 Å². The first-order chi connectivity index (χ1) is 8.61. The smallest absolute Gasteiger partial charge is 0.153 e. The highest BCUT2D eigenvalue weighted by atomic mass is 32.2. The number of nitrogen functional groups attached to an aromatic ring is 1. The van der Waals surface area contributed by atoms with Crippen molar-refractivity contribution < 1.29 is 4.39 Å². The van der Waals surface area contributed by atoms with Gasteiger partial charge in [0.05, 0.1) is 4.90 Å². The van der Waals surface area contributed by atoms with Gasteiger partial charge in [-0.2, -0.15) is 4.37 Å². The molecule has 96 valence electrons. The van der Waals surface area contributed by atoms with Gasteiger partial charge in [-0.1, -0.05) is 12.1 Å². The largest absolute Gasteiger partial charge is 0.382 e. The van der Waals surface area contributed by atoms with Gasteiger partial charge in [-0.25, -0.2) is 4.39 Å². The third-order valence-electron chi connectivity index (χ3n) is 2.54. The number of hydrogen-bond donors (Lipinski definition) is 1. The summed E-state index contributed by atoms with van der Waals surface area (Å²) in [4.78, 5) is 3.08. The number of rotatable bonds is 4. The minimum absolute atomic E-state index is 0.215. The molecule has 1 aromatic heterocycles. The SMILES string of the molecule is CSc1c(N)nsc1N(C)Cc1ccc(F)cc1. The number of nitrogens with zero attached hydrogens (tertiary/aromatic N) is 2. The van der Waals surface area contributed by atoms with Gasteiger partial charge in [0.15, 0.2) is 5.82 Å². The van der Waals surface area contributed by atoms with E-state index in [0.717, 1.165) is 15.5 Å². The molecule has 1 heterocycles. The molecule has 0 saturated carbocycles. The van der Waals surface area contributed by atoms with Gasteiger partial charge >= 0.3 is 0 Å². The zero-order valence-electron chi connectivity index (χ0n) is 10.2. The Morgan fingerprint density at radius 2 is 2.06 bits per heavy atom. The molecule has 0 atom stereocenters. The van der Waals surface area contributed by atoms with Crippen LogP contribution >= 0.6 is 23.3 Å². The maximum atomic E-state index is 12.8. The summed E-state index contributed by atoms with van der Waals surface area (Å²) in [6.45, 7) is 0.704. The van der Waals surface area contributed by atoms with E-state index in [4.69, 9.17) is 5.73 Å². The first-order valence-corrected chi connectivity index (χ1v) is 7.36. The van der Waals surface area contributed by atoms with Gasteiger partial charge in [-0.05, 0) is 35.5 Å². The van der Waals surface area contributed by atoms with Crippen LogP contribution in [0.15, 0.2) is 29.2 Å². The number of hydrogen-bond acceptors (Lipinski definition) is 5. The molecule has 0 aliphatic rings. The second kappa shape index (κ2) is 5.58. The van der Waals surface area contributed by atoms with Crippen LogP contribution < -0.4 is 10.6 Å². The molecule has 0 aliphatic carbocycles. The maximum Gasteiger partial charge on any atom is 0.153 e. The van der Waals surface area contributed by atoms with E-state index < -0.39 is 0 Å². The van der Waals surface area contributed by atoms with Crippen molar-refractivity contribution in [1.82, 2.24) is 4.37 Å². The van der Waals surface area contributed by atoms with Gasteiger partial charge in [-0.15, -0.1) is 11.8 Å². The lowest BCUT2D eigenvalue weighted by Gasteiger charge is -2.18. The summed E-state index contributed by atoms with van der Waals surface area (Å²) in [6, 6.07) is 6.52. The van der Waals surface area contributed by atoms with Gasteiger partial charge in [0.25, 0.3) is 0 Å². The van der Waals surface area contributed by atoms with Crippen molar-refractivity contribution in [3.63, 3.8) is 0 Å². The molecule has 2 rings (SSSR count). The molecule has 18 heavy (non-hydrogen) atoms. The topological polar surface area (TPSA) is 42.1 Å². The Bertz CT molecular complexity index is 525. The molecular formula is C12H14FN3S2. The monoisotopic (exact) mass is 283 g/mol. The van der Waals surface area contributed by atoms with Gasteiger partial charge in [0, 0.05) is 13.6 Å². The minimum Gasteiger partial charge on any atom is -0.382 e. The van der Waals surface area contributed by atoms with Crippen LogP contribution in [0.3, 0.4) is 0 Å². The summed E-state index contributed by atoms with van der Waals surface area (Å²) in [6.07, 6.45) is 1.98. The van der Waals surface area contributed by atoms with E-state index in [1.54, 1.807) is 23.9 Å². The van der Waals surface area contributed by atoms with Crippen molar-refractivity contribution in [2.24, 2.45) is 0 Å². The lowest BCUT2D eigenvalue weighted by Crippen LogP contribution is -2.15. The second-order valence-corrected chi connectivity index (χ2v) is 5.46. The maximum absolute atomic E-state index is 12.8. The van der Waals surface area contributed by atoms with E-state index in [-0.39, 0.29) is 5.82 Å². The van der Waals surface area contributed by atoms with Crippen molar-refractivity contribution in [1.29, 1.82) is 0 Å². The fourth-order valence-corrected chi connectivity index (χ4v) is 3.33. The Labute approximate surface area is 114 Å². The van der Waals surface area contributed by atoms with Gasteiger partial charge in [0.1, 0.15) is 10.8 Å². The number of benzene rings is 1. The number of thioether (sulfide) groups is 1. The number of nitrogens with two attached hydrogens (primary N) is 1. The third-order valence-corrected chi connectivity index (χ3v) is 4.46. The van der Waals surface area contributed by atoms with Crippen molar-refractivity contribution >= 4 is 34.1 Å². The molecular weight excluding hydrogens is 269 g/mol. The average Bonchev–Trinajstić information content (AvgIpc) is 2.73. The zero-order valence-corrected chi connectivity index (χ0v) is 11.8. The third kappa shape index (κ3) is 2.76. The lowest BCUT2D eigenvalue weighted by molar-refractivity contribution is 0.627. The van der Waals surface area contributed by atoms with Crippen LogP contribution in [0, 0.1) is 5.82 Å². The quantitative estimate of drug-likeness (QED) is 0.875. The Balaban J connectivity index is 2.16. The Hall–Kier alpha value is -1.27. The van der Waals surface area contributed by atoms with Crippen LogP contribution in [0.5, 0.6) is 0 Å². The fraction of sp³-hybridized carbons (Fsp3) is 0.250. The molecule has 2 aromatic rings. The Morgan fingerprint density at radius 3 is 2.67 bits per heavy atom. The molecule has 1 aromatic carbocycles. The van der Waals surface area contributed by atoms with E-state index in [1.807, 2.05) is 13.3 Å². The molecule has 0 amide bonds. The van der Waals surface area contributed by atoms with Crippen LogP contribution in [-0.2, 0) is 6.54 Å². The first kappa shape index (κ1) is 13.2. The molecule has 0 unspecified atom stereocenters. The zero-order chi connectivity index (χ0) is 13.1. The normalized spacial score (nSPS) is 10.6. The van der Waals surface area contributed by atoms with Gasteiger partial charge in [-0.3, -0.25) is 0 Å². The summed E-state index contributed by atoms with van der Waals surface area (Å²) < 4.78 is 17.0. The molecule has 6 heteroatoms. The van der Waals surface area contributed by atoms with E-state index in [2.05, 4.69) is 9.27 Å². The molecule has 0 radical (unpaired) electrons. The summed E-state index contributed by atoms with van der Waals surface area (Å²) in [5, 5.41) is 1.05. The molecule has 3 nitrogen and oxygen atoms in total.